The molecule has 3 heterocycles. The summed E-state index contributed by atoms with van der Waals surface area (Å²) in [4.78, 5) is 27.6. The fourth-order valence-corrected chi connectivity index (χ4v) is 3.90. The van der Waals surface area contributed by atoms with Crippen molar-refractivity contribution in [3.63, 3.8) is 0 Å². The molecule has 1 fully saturated rings. The molecule has 2 amide bonds. The Morgan fingerprint density at radius 2 is 1.88 bits per heavy atom. The van der Waals surface area contributed by atoms with E-state index in [4.69, 9.17) is 0 Å². The van der Waals surface area contributed by atoms with E-state index in [2.05, 4.69) is 33.2 Å². The molecule has 1 N–H and O–H groups in total. The number of rotatable bonds is 2. The summed E-state index contributed by atoms with van der Waals surface area (Å²) in [5.41, 5.74) is 0.821. The monoisotopic (exact) mass is 353 g/mol. The summed E-state index contributed by atoms with van der Waals surface area (Å²) < 4.78 is 0. The average Bonchev–Trinajstić information content (AvgIpc) is 3.03. The summed E-state index contributed by atoms with van der Waals surface area (Å²) >= 11 is 1.68. The van der Waals surface area contributed by atoms with Gasteiger partial charge >= 0.3 is 6.03 Å². The molecule has 128 valence electrons. The highest BCUT2D eigenvalue weighted by atomic mass is 32.1. The quantitative estimate of drug-likeness (QED) is 0.767. The highest BCUT2D eigenvalue weighted by Gasteiger charge is 2.23. The van der Waals surface area contributed by atoms with Gasteiger partial charge in [-0.05, 0) is 25.1 Å². The number of amides is 2. The highest BCUT2D eigenvalue weighted by Crippen LogP contribution is 2.30. The minimum atomic E-state index is -0.0509. The first-order chi connectivity index (χ1) is 12.2. The number of carbonyl (C=O) groups is 1. The molecule has 1 aliphatic rings. The van der Waals surface area contributed by atoms with Crippen LogP contribution in [0.15, 0.2) is 42.7 Å². The number of hydrogen-bond acceptors (Lipinski definition) is 5. The molecule has 0 bridgehead atoms. The number of aromatic nitrogens is 2. The van der Waals surface area contributed by atoms with Crippen LogP contribution in [0.1, 0.15) is 4.88 Å². The molecule has 7 heteroatoms. The zero-order valence-corrected chi connectivity index (χ0v) is 14.8. The van der Waals surface area contributed by atoms with Gasteiger partial charge in [-0.2, -0.15) is 0 Å². The van der Waals surface area contributed by atoms with E-state index < -0.39 is 0 Å². The number of thiophene rings is 1. The molecular weight excluding hydrogens is 334 g/mol. The zero-order valence-electron chi connectivity index (χ0n) is 14.0. The second kappa shape index (κ2) is 6.68. The Kier molecular flexibility index (Phi) is 4.23. The van der Waals surface area contributed by atoms with Crippen LogP contribution in [0.4, 0.5) is 16.3 Å². The number of urea groups is 1. The predicted octanol–water partition coefficient (Wildman–Crippen LogP) is 3.35. The van der Waals surface area contributed by atoms with Crippen molar-refractivity contribution in [2.24, 2.45) is 0 Å². The van der Waals surface area contributed by atoms with Gasteiger partial charge in [-0.25, -0.2) is 14.8 Å². The first kappa shape index (κ1) is 15.8. The Hall–Kier alpha value is -2.67. The lowest BCUT2D eigenvalue weighted by Crippen LogP contribution is -2.50. The number of para-hydroxylation sites is 1. The molecule has 6 nitrogen and oxygen atoms in total. The van der Waals surface area contributed by atoms with Crippen LogP contribution in [-0.4, -0.2) is 47.1 Å². The molecule has 0 unspecified atom stereocenters. The van der Waals surface area contributed by atoms with Gasteiger partial charge in [0.15, 0.2) is 0 Å². The molecule has 0 radical (unpaired) electrons. The Labute approximate surface area is 150 Å². The van der Waals surface area contributed by atoms with Crippen molar-refractivity contribution in [2.45, 2.75) is 6.92 Å². The Bertz CT molecular complexity index is 887. The van der Waals surface area contributed by atoms with Crippen LogP contribution in [0, 0.1) is 6.92 Å². The third-order valence-corrected chi connectivity index (χ3v) is 5.28. The van der Waals surface area contributed by atoms with Gasteiger partial charge in [0.1, 0.15) is 17.0 Å². The van der Waals surface area contributed by atoms with Crippen molar-refractivity contribution in [3.05, 3.63) is 47.6 Å². The van der Waals surface area contributed by atoms with Crippen LogP contribution in [0.5, 0.6) is 0 Å². The molecule has 0 aliphatic carbocycles. The van der Waals surface area contributed by atoms with Crippen molar-refractivity contribution < 1.29 is 4.79 Å². The van der Waals surface area contributed by atoms with Crippen molar-refractivity contribution in [2.75, 3.05) is 36.4 Å². The fourth-order valence-electron chi connectivity index (χ4n) is 3.06. The summed E-state index contributed by atoms with van der Waals surface area (Å²) in [6, 6.07) is 11.6. The van der Waals surface area contributed by atoms with Crippen LogP contribution in [0.25, 0.3) is 10.2 Å². The number of anilines is 2. The number of piperazine rings is 1. The van der Waals surface area contributed by atoms with E-state index >= 15 is 0 Å². The van der Waals surface area contributed by atoms with Crippen LogP contribution in [0.3, 0.4) is 0 Å². The van der Waals surface area contributed by atoms with Gasteiger partial charge in [0.05, 0.1) is 5.39 Å². The molecule has 2 aromatic heterocycles. The molecule has 3 aromatic rings. The second-order valence-electron chi connectivity index (χ2n) is 6.04. The van der Waals surface area contributed by atoms with E-state index in [0.29, 0.717) is 13.1 Å². The molecule has 25 heavy (non-hydrogen) atoms. The van der Waals surface area contributed by atoms with E-state index in [-0.39, 0.29) is 6.03 Å². The summed E-state index contributed by atoms with van der Waals surface area (Å²) in [6.45, 7) is 4.97. The van der Waals surface area contributed by atoms with Gasteiger partial charge in [0, 0.05) is 36.7 Å². The minimum absolute atomic E-state index is 0.0509. The van der Waals surface area contributed by atoms with Crippen molar-refractivity contribution in [3.8, 4) is 0 Å². The van der Waals surface area contributed by atoms with Gasteiger partial charge in [-0.15, -0.1) is 11.3 Å². The molecule has 0 spiro atoms. The molecule has 0 atom stereocenters. The van der Waals surface area contributed by atoms with Crippen LogP contribution in [0.2, 0.25) is 0 Å². The van der Waals surface area contributed by atoms with E-state index in [0.717, 1.165) is 34.8 Å². The van der Waals surface area contributed by atoms with Crippen molar-refractivity contribution >= 4 is 39.1 Å². The van der Waals surface area contributed by atoms with E-state index in [1.54, 1.807) is 17.7 Å². The van der Waals surface area contributed by atoms with Gasteiger partial charge in [0.2, 0.25) is 0 Å². The molecule has 1 saturated heterocycles. The van der Waals surface area contributed by atoms with Crippen molar-refractivity contribution in [1.82, 2.24) is 14.9 Å². The smallest absolute Gasteiger partial charge is 0.321 e. The number of nitrogens with zero attached hydrogens (tertiary/aromatic N) is 4. The summed E-state index contributed by atoms with van der Waals surface area (Å²) in [7, 11) is 0. The topological polar surface area (TPSA) is 61.4 Å². The van der Waals surface area contributed by atoms with Gasteiger partial charge in [-0.3, -0.25) is 0 Å². The summed E-state index contributed by atoms with van der Waals surface area (Å²) in [6.07, 6.45) is 1.63. The molecular formula is C18H19N5OS. The maximum Gasteiger partial charge on any atom is 0.321 e. The average molecular weight is 353 g/mol. The second-order valence-corrected chi connectivity index (χ2v) is 7.28. The highest BCUT2D eigenvalue weighted by molar-refractivity contribution is 7.18. The van der Waals surface area contributed by atoms with Gasteiger partial charge in [0.25, 0.3) is 0 Å². The Morgan fingerprint density at radius 3 is 2.64 bits per heavy atom. The predicted molar refractivity (Wildman–Crippen MR) is 101 cm³/mol. The maximum absolute atomic E-state index is 12.4. The Morgan fingerprint density at radius 1 is 1.12 bits per heavy atom. The third kappa shape index (κ3) is 3.28. The first-order valence-corrected chi connectivity index (χ1v) is 9.09. The molecule has 0 saturated carbocycles. The summed E-state index contributed by atoms with van der Waals surface area (Å²) in [5.74, 6) is 0.970. The van der Waals surface area contributed by atoms with Gasteiger partial charge < -0.3 is 15.1 Å². The van der Waals surface area contributed by atoms with E-state index in [1.165, 1.54) is 4.88 Å². The standard InChI is InChI=1S/C18H19N5OS/c1-13-11-15-16(19-12-20-17(15)25-13)22-7-9-23(10-8-22)18(24)21-14-5-3-2-4-6-14/h2-6,11-12H,7-10H2,1H3,(H,21,24). The van der Waals surface area contributed by atoms with E-state index in [1.807, 2.05) is 35.2 Å². The third-order valence-electron chi connectivity index (χ3n) is 4.32. The normalized spacial score (nSPS) is 14.8. The largest absolute Gasteiger partial charge is 0.352 e. The molecule has 4 rings (SSSR count). The van der Waals surface area contributed by atoms with Gasteiger partial charge in [-0.1, -0.05) is 18.2 Å². The number of benzene rings is 1. The lowest BCUT2D eigenvalue weighted by Gasteiger charge is -2.35. The number of hydrogen-bond donors (Lipinski definition) is 1. The first-order valence-electron chi connectivity index (χ1n) is 8.28. The number of nitrogens with one attached hydrogen (secondary N) is 1. The number of fused-ring (bicyclic) bond motifs is 1. The number of carbonyl (C=O) groups excluding carboxylic acids is 1. The lowest BCUT2D eigenvalue weighted by molar-refractivity contribution is 0.208. The number of aryl methyl sites for hydroxylation is 1. The molecule has 1 aliphatic heterocycles. The van der Waals surface area contributed by atoms with Crippen LogP contribution < -0.4 is 10.2 Å². The van der Waals surface area contributed by atoms with Crippen LogP contribution in [-0.2, 0) is 0 Å². The molecule has 1 aromatic carbocycles. The SMILES string of the molecule is Cc1cc2c(N3CCN(C(=O)Nc4ccccc4)CC3)ncnc2s1. The van der Waals surface area contributed by atoms with Crippen LogP contribution >= 0.6 is 11.3 Å². The maximum atomic E-state index is 12.4. The minimum Gasteiger partial charge on any atom is -0.352 e. The fraction of sp³-hybridized carbons (Fsp3) is 0.278. The lowest BCUT2D eigenvalue weighted by atomic mass is 10.2. The summed E-state index contributed by atoms with van der Waals surface area (Å²) in [5, 5.41) is 4.05. The van der Waals surface area contributed by atoms with Crippen molar-refractivity contribution in [1.29, 1.82) is 0 Å². The Balaban J connectivity index is 1.43. The zero-order chi connectivity index (χ0) is 17.2. The van der Waals surface area contributed by atoms with E-state index in [9.17, 15) is 4.79 Å².